The molecule has 0 spiro atoms. The Bertz CT molecular complexity index is 651. The van der Waals surface area contributed by atoms with Crippen molar-refractivity contribution >= 4 is 17.6 Å². The van der Waals surface area contributed by atoms with Crippen LogP contribution in [0.5, 0.6) is 0 Å². The molecule has 0 bridgehead atoms. The fraction of sp³-hybridized carbons (Fsp3) is 0. The van der Waals surface area contributed by atoms with Crippen LogP contribution in [0.15, 0.2) is 58.3 Å². The molecule has 0 aliphatic rings. The summed E-state index contributed by atoms with van der Waals surface area (Å²) in [7, 11) is 0. The Balaban J connectivity index is 2.12. The standard InChI is InChI=1S/C15H10O2S/c16-10-12-9-13(11-5-2-1-3-6-11)17-15(12)14-7-4-8-18-14/h1-10H. The maximum absolute atomic E-state index is 11.1. The van der Waals surface area contributed by atoms with Gasteiger partial charge in [0.2, 0.25) is 0 Å². The average molecular weight is 254 g/mol. The van der Waals surface area contributed by atoms with Gasteiger partial charge in [-0.05, 0) is 17.5 Å². The third kappa shape index (κ3) is 1.89. The second-order valence-corrected chi connectivity index (χ2v) is 4.80. The molecule has 2 nitrogen and oxygen atoms in total. The summed E-state index contributed by atoms with van der Waals surface area (Å²) in [5.41, 5.74) is 1.57. The van der Waals surface area contributed by atoms with Crippen molar-refractivity contribution in [2.45, 2.75) is 0 Å². The molecule has 2 aromatic heterocycles. The first-order chi connectivity index (χ1) is 8.88. The van der Waals surface area contributed by atoms with Gasteiger partial charge in [0.05, 0.1) is 10.4 Å². The smallest absolute Gasteiger partial charge is 0.155 e. The Labute approximate surface area is 109 Å². The van der Waals surface area contributed by atoms with Crippen LogP contribution in [0.3, 0.4) is 0 Å². The quantitative estimate of drug-likeness (QED) is 0.645. The van der Waals surface area contributed by atoms with E-state index in [0.29, 0.717) is 11.3 Å². The summed E-state index contributed by atoms with van der Waals surface area (Å²) >= 11 is 1.56. The normalized spacial score (nSPS) is 10.4. The van der Waals surface area contributed by atoms with Gasteiger partial charge in [0.1, 0.15) is 5.76 Å². The highest BCUT2D eigenvalue weighted by Gasteiger charge is 2.14. The van der Waals surface area contributed by atoms with Gasteiger partial charge in [0, 0.05) is 5.56 Å². The number of thiophene rings is 1. The number of furan rings is 1. The number of carbonyl (C=O) groups excluding carboxylic acids is 1. The van der Waals surface area contributed by atoms with Gasteiger partial charge in [-0.1, -0.05) is 36.4 Å². The van der Waals surface area contributed by atoms with Crippen molar-refractivity contribution < 1.29 is 9.21 Å². The van der Waals surface area contributed by atoms with Crippen LogP contribution in [0, 0.1) is 0 Å². The third-order valence-electron chi connectivity index (χ3n) is 2.69. The van der Waals surface area contributed by atoms with Crippen molar-refractivity contribution in [2.24, 2.45) is 0 Å². The molecule has 0 saturated heterocycles. The zero-order valence-corrected chi connectivity index (χ0v) is 10.3. The van der Waals surface area contributed by atoms with Crippen molar-refractivity contribution in [3.05, 3.63) is 59.5 Å². The maximum atomic E-state index is 11.1. The van der Waals surface area contributed by atoms with Gasteiger partial charge in [-0.25, -0.2) is 0 Å². The van der Waals surface area contributed by atoms with E-state index in [1.807, 2.05) is 47.8 Å². The monoisotopic (exact) mass is 254 g/mol. The molecule has 0 fully saturated rings. The van der Waals surface area contributed by atoms with E-state index < -0.39 is 0 Å². The van der Waals surface area contributed by atoms with Crippen molar-refractivity contribution in [1.29, 1.82) is 0 Å². The van der Waals surface area contributed by atoms with Gasteiger partial charge in [0.15, 0.2) is 12.0 Å². The summed E-state index contributed by atoms with van der Waals surface area (Å²) in [6.07, 6.45) is 0.838. The lowest BCUT2D eigenvalue weighted by Gasteiger charge is -1.95. The van der Waals surface area contributed by atoms with Crippen molar-refractivity contribution in [2.75, 3.05) is 0 Å². The first-order valence-corrected chi connectivity index (χ1v) is 6.45. The zero-order chi connectivity index (χ0) is 12.4. The highest BCUT2D eigenvalue weighted by molar-refractivity contribution is 7.13. The zero-order valence-electron chi connectivity index (χ0n) is 9.50. The molecule has 0 amide bonds. The molecular formula is C15H10O2S. The van der Waals surface area contributed by atoms with Gasteiger partial charge < -0.3 is 4.42 Å². The molecule has 0 unspecified atom stereocenters. The first-order valence-electron chi connectivity index (χ1n) is 5.57. The molecule has 2 heterocycles. The lowest BCUT2D eigenvalue weighted by Crippen LogP contribution is -1.76. The number of hydrogen-bond donors (Lipinski definition) is 0. The van der Waals surface area contributed by atoms with Gasteiger partial charge >= 0.3 is 0 Å². The number of aldehydes is 1. The van der Waals surface area contributed by atoms with E-state index in [1.54, 1.807) is 17.4 Å². The van der Waals surface area contributed by atoms with E-state index in [-0.39, 0.29) is 0 Å². The second-order valence-electron chi connectivity index (χ2n) is 3.86. The van der Waals surface area contributed by atoms with E-state index >= 15 is 0 Å². The Kier molecular flexibility index (Phi) is 2.82. The molecule has 0 radical (unpaired) electrons. The van der Waals surface area contributed by atoms with E-state index in [9.17, 15) is 4.79 Å². The fourth-order valence-electron chi connectivity index (χ4n) is 1.84. The van der Waals surface area contributed by atoms with Gasteiger partial charge in [-0.2, -0.15) is 0 Å². The van der Waals surface area contributed by atoms with Crippen LogP contribution in [0.4, 0.5) is 0 Å². The van der Waals surface area contributed by atoms with E-state index in [4.69, 9.17) is 4.42 Å². The molecule has 3 aromatic rings. The summed E-state index contributed by atoms with van der Waals surface area (Å²) in [4.78, 5) is 12.1. The number of benzene rings is 1. The van der Waals surface area contributed by atoms with Crippen LogP contribution in [-0.2, 0) is 0 Å². The molecule has 0 saturated carbocycles. The first kappa shape index (κ1) is 11.0. The number of hydrogen-bond acceptors (Lipinski definition) is 3. The van der Waals surface area contributed by atoms with Crippen molar-refractivity contribution in [3.8, 4) is 22.0 Å². The van der Waals surface area contributed by atoms with Crippen molar-refractivity contribution in [1.82, 2.24) is 0 Å². The Hall–Kier alpha value is -2.13. The predicted molar refractivity (Wildman–Crippen MR) is 72.8 cm³/mol. The molecule has 0 N–H and O–H groups in total. The van der Waals surface area contributed by atoms with E-state index in [2.05, 4.69) is 0 Å². The molecule has 18 heavy (non-hydrogen) atoms. The predicted octanol–water partition coefficient (Wildman–Crippen LogP) is 4.49. The van der Waals surface area contributed by atoms with Crippen LogP contribution < -0.4 is 0 Å². The molecular weight excluding hydrogens is 244 g/mol. The van der Waals surface area contributed by atoms with Crippen LogP contribution in [0.2, 0.25) is 0 Å². The Morgan fingerprint density at radius 2 is 1.89 bits per heavy atom. The topological polar surface area (TPSA) is 30.2 Å². The van der Waals surface area contributed by atoms with Gasteiger partial charge in [-0.3, -0.25) is 4.79 Å². The van der Waals surface area contributed by atoms with Crippen LogP contribution in [0.25, 0.3) is 22.0 Å². The lowest BCUT2D eigenvalue weighted by atomic mass is 10.1. The van der Waals surface area contributed by atoms with Crippen LogP contribution in [0.1, 0.15) is 10.4 Å². The fourth-order valence-corrected chi connectivity index (χ4v) is 2.57. The van der Waals surface area contributed by atoms with Gasteiger partial charge in [0.25, 0.3) is 0 Å². The Morgan fingerprint density at radius 1 is 1.06 bits per heavy atom. The summed E-state index contributed by atoms with van der Waals surface area (Å²) in [6.45, 7) is 0. The third-order valence-corrected chi connectivity index (χ3v) is 3.56. The van der Waals surface area contributed by atoms with E-state index in [0.717, 1.165) is 22.5 Å². The number of rotatable bonds is 3. The second kappa shape index (κ2) is 4.63. The summed E-state index contributed by atoms with van der Waals surface area (Å²) in [5, 5.41) is 1.97. The molecule has 0 aliphatic carbocycles. The van der Waals surface area contributed by atoms with Crippen molar-refractivity contribution in [3.63, 3.8) is 0 Å². The average Bonchev–Trinajstić information content (AvgIpc) is 3.08. The molecule has 3 rings (SSSR count). The van der Waals surface area contributed by atoms with Crippen LogP contribution in [-0.4, -0.2) is 6.29 Å². The van der Waals surface area contributed by atoms with Gasteiger partial charge in [-0.15, -0.1) is 11.3 Å². The SMILES string of the molecule is O=Cc1cc(-c2ccccc2)oc1-c1cccs1. The summed E-state index contributed by atoms with van der Waals surface area (Å²) in [5.74, 6) is 1.37. The summed E-state index contributed by atoms with van der Waals surface area (Å²) in [6, 6.07) is 15.5. The molecule has 0 aliphatic heterocycles. The summed E-state index contributed by atoms with van der Waals surface area (Å²) < 4.78 is 5.82. The number of carbonyl (C=O) groups is 1. The minimum Gasteiger partial charge on any atom is -0.454 e. The molecule has 3 heteroatoms. The highest BCUT2D eigenvalue weighted by Crippen LogP contribution is 2.33. The highest BCUT2D eigenvalue weighted by atomic mass is 32.1. The van der Waals surface area contributed by atoms with Crippen LogP contribution >= 0.6 is 11.3 Å². The molecule has 1 aromatic carbocycles. The largest absolute Gasteiger partial charge is 0.454 e. The molecule has 0 atom stereocenters. The maximum Gasteiger partial charge on any atom is 0.155 e. The Morgan fingerprint density at radius 3 is 2.56 bits per heavy atom. The minimum atomic E-state index is 0.594. The van der Waals surface area contributed by atoms with E-state index in [1.165, 1.54) is 0 Å². The lowest BCUT2D eigenvalue weighted by molar-refractivity contribution is 0.112. The minimum absolute atomic E-state index is 0.594. The molecule has 88 valence electrons.